The second-order valence-corrected chi connectivity index (χ2v) is 4.46. The standard InChI is InChI=1S/C10H18ClNO2/c1-8(11)10(14)12(6-7-13)9-4-2-3-5-9/h8-9,13H,2-7H2,1H3. The zero-order valence-corrected chi connectivity index (χ0v) is 9.33. The summed E-state index contributed by atoms with van der Waals surface area (Å²) >= 11 is 5.76. The summed E-state index contributed by atoms with van der Waals surface area (Å²) < 4.78 is 0. The van der Waals surface area contributed by atoms with Crippen molar-refractivity contribution in [3.8, 4) is 0 Å². The van der Waals surface area contributed by atoms with Gasteiger partial charge in [0.15, 0.2) is 0 Å². The summed E-state index contributed by atoms with van der Waals surface area (Å²) in [6.07, 6.45) is 4.46. The van der Waals surface area contributed by atoms with Crippen molar-refractivity contribution in [2.24, 2.45) is 0 Å². The minimum Gasteiger partial charge on any atom is -0.395 e. The predicted octanol–water partition coefficient (Wildman–Crippen LogP) is 1.38. The molecule has 0 heterocycles. The molecule has 1 aliphatic rings. The minimum absolute atomic E-state index is 0.0197. The molecule has 1 fully saturated rings. The quantitative estimate of drug-likeness (QED) is 0.726. The molecule has 0 bridgehead atoms. The van der Waals surface area contributed by atoms with Crippen LogP contribution in [0.25, 0.3) is 0 Å². The number of aliphatic hydroxyl groups excluding tert-OH is 1. The molecule has 0 saturated heterocycles. The van der Waals surface area contributed by atoms with Crippen molar-refractivity contribution in [3.63, 3.8) is 0 Å². The van der Waals surface area contributed by atoms with Gasteiger partial charge < -0.3 is 10.0 Å². The minimum atomic E-state index is -0.484. The number of carbonyl (C=O) groups is 1. The number of carbonyl (C=O) groups excluding carboxylic acids is 1. The first kappa shape index (κ1) is 11.8. The van der Waals surface area contributed by atoms with Gasteiger partial charge in [0.25, 0.3) is 0 Å². The van der Waals surface area contributed by atoms with Crippen LogP contribution < -0.4 is 0 Å². The van der Waals surface area contributed by atoms with Crippen molar-refractivity contribution in [1.29, 1.82) is 0 Å². The highest BCUT2D eigenvalue weighted by Gasteiger charge is 2.28. The van der Waals surface area contributed by atoms with Gasteiger partial charge in [-0.05, 0) is 19.8 Å². The highest BCUT2D eigenvalue weighted by atomic mass is 35.5. The van der Waals surface area contributed by atoms with E-state index in [9.17, 15) is 4.79 Å². The second-order valence-electron chi connectivity index (χ2n) is 3.81. The summed E-state index contributed by atoms with van der Waals surface area (Å²) in [6.45, 7) is 2.12. The van der Waals surface area contributed by atoms with Gasteiger partial charge in [-0.3, -0.25) is 4.79 Å². The summed E-state index contributed by atoms with van der Waals surface area (Å²) in [5, 5.41) is 8.41. The van der Waals surface area contributed by atoms with Crippen molar-refractivity contribution in [3.05, 3.63) is 0 Å². The topological polar surface area (TPSA) is 40.5 Å². The third kappa shape index (κ3) is 2.85. The summed E-state index contributed by atoms with van der Waals surface area (Å²) in [5.41, 5.74) is 0. The molecule has 1 saturated carbocycles. The Morgan fingerprint density at radius 1 is 1.57 bits per heavy atom. The maximum absolute atomic E-state index is 11.7. The highest BCUT2D eigenvalue weighted by molar-refractivity contribution is 6.30. The predicted molar refractivity (Wildman–Crippen MR) is 56.4 cm³/mol. The number of nitrogens with zero attached hydrogens (tertiary/aromatic N) is 1. The summed E-state index contributed by atoms with van der Waals surface area (Å²) in [4.78, 5) is 13.4. The Kier molecular flexibility index (Phi) is 4.69. The molecular formula is C10H18ClNO2. The lowest BCUT2D eigenvalue weighted by atomic mass is 10.2. The van der Waals surface area contributed by atoms with Crippen molar-refractivity contribution < 1.29 is 9.90 Å². The van der Waals surface area contributed by atoms with E-state index in [2.05, 4.69) is 0 Å². The van der Waals surface area contributed by atoms with Crippen molar-refractivity contribution in [2.75, 3.05) is 13.2 Å². The van der Waals surface area contributed by atoms with Crippen molar-refractivity contribution in [2.45, 2.75) is 44.0 Å². The Balaban J connectivity index is 2.57. The van der Waals surface area contributed by atoms with E-state index in [1.165, 1.54) is 12.8 Å². The Hall–Kier alpha value is -0.280. The molecule has 1 rings (SSSR count). The van der Waals surface area contributed by atoms with Crippen LogP contribution in [0.5, 0.6) is 0 Å². The third-order valence-corrected chi connectivity index (χ3v) is 2.92. The average molecular weight is 220 g/mol. The van der Waals surface area contributed by atoms with Crippen LogP contribution in [0.15, 0.2) is 0 Å². The summed E-state index contributed by atoms with van der Waals surface area (Å²) in [6, 6.07) is 0.302. The fraction of sp³-hybridized carbons (Fsp3) is 0.900. The van der Waals surface area contributed by atoms with E-state index in [-0.39, 0.29) is 12.5 Å². The normalized spacial score (nSPS) is 19.6. The Morgan fingerprint density at radius 3 is 2.57 bits per heavy atom. The van der Waals surface area contributed by atoms with Crippen LogP contribution in [-0.2, 0) is 4.79 Å². The number of hydrogen-bond donors (Lipinski definition) is 1. The van der Waals surface area contributed by atoms with Gasteiger partial charge in [0.05, 0.1) is 6.61 Å². The number of amides is 1. The van der Waals surface area contributed by atoms with Crippen LogP contribution >= 0.6 is 11.6 Å². The molecule has 0 aromatic carbocycles. The Morgan fingerprint density at radius 2 is 2.14 bits per heavy atom. The van der Waals surface area contributed by atoms with E-state index >= 15 is 0 Å². The zero-order valence-electron chi connectivity index (χ0n) is 8.58. The molecule has 0 spiro atoms. The lowest BCUT2D eigenvalue weighted by Crippen LogP contribution is -2.43. The van der Waals surface area contributed by atoms with E-state index in [0.29, 0.717) is 12.6 Å². The van der Waals surface area contributed by atoms with Crippen LogP contribution in [0.1, 0.15) is 32.6 Å². The van der Waals surface area contributed by atoms with Gasteiger partial charge in [-0.25, -0.2) is 0 Å². The largest absolute Gasteiger partial charge is 0.395 e. The molecule has 4 heteroatoms. The van der Waals surface area contributed by atoms with Gasteiger partial charge in [-0.15, -0.1) is 11.6 Å². The molecular weight excluding hydrogens is 202 g/mol. The Labute approximate surface area is 90.0 Å². The molecule has 82 valence electrons. The van der Waals surface area contributed by atoms with E-state index < -0.39 is 5.38 Å². The highest BCUT2D eigenvalue weighted by Crippen LogP contribution is 2.24. The van der Waals surface area contributed by atoms with Gasteiger partial charge in [-0.1, -0.05) is 12.8 Å². The number of hydrogen-bond acceptors (Lipinski definition) is 2. The lowest BCUT2D eigenvalue weighted by molar-refractivity contribution is -0.133. The van der Waals surface area contributed by atoms with Crippen molar-refractivity contribution >= 4 is 17.5 Å². The fourth-order valence-electron chi connectivity index (χ4n) is 2.02. The first-order valence-corrected chi connectivity index (χ1v) is 5.66. The smallest absolute Gasteiger partial charge is 0.240 e. The maximum atomic E-state index is 11.7. The molecule has 1 amide bonds. The van der Waals surface area contributed by atoms with E-state index in [0.717, 1.165) is 12.8 Å². The van der Waals surface area contributed by atoms with Gasteiger partial charge in [0.1, 0.15) is 5.38 Å². The molecule has 14 heavy (non-hydrogen) atoms. The molecule has 0 aromatic rings. The molecule has 1 unspecified atom stereocenters. The van der Waals surface area contributed by atoms with Gasteiger partial charge in [0.2, 0.25) is 5.91 Å². The van der Waals surface area contributed by atoms with E-state index in [1.54, 1.807) is 11.8 Å². The third-order valence-electron chi connectivity index (χ3n) is 2.73. The average Bonchev–Trinajstić information content (AvgIpc) is 2.65. The maximum Gasteiger partial charge on any atom is 0.240 e. The molecule has 1 atom stereocenters. The molecule has 3 nitrogen and oxygen atoms in total. The molecule has 1 aliphatic carbocycles. The summed E-state index contributed by atoms with van der Waals surface area (Å²) in [5.74, 6) is -0.0485. The molecule has 0 radical (unpaired) electrons. The van der Waals surface area contributed by atoms with E-state index in [1.807, 2.05) is 0 Å². The fourth-order valence-corrected chi connectivity index (χ4v) is 2.15. The monoisotopic (exact) mass is 219 g/mol. The lowest BCUT2D eigenvalue weighted by Gasteiger charge is -2.29. The van der Waals surface area contributed by atoms with Crippen LogP contribution in [-0.4, -0.2) is 40.5 Å². The van der Waals surface area contributed by atoms with Crippen LogP contribution in [0.2, 0.25) is 0 Å². The van der Waals surface area contributed by atoms with E-state index in [4.69, 9.17) is 16.7 Å². The van der Waals surface area contributed by atoms with Gasteiger partial charge in [-0.2, -0.15) is 0 Å². The second kappa shape index (κ2) is 5.56. The van der Waals surface area contributed by atoms with Gasteiger partial charge in [0, 0.05) is 12.6 Å². The number of rotatable bonds is 4. The van der Waals surface area contributed by atoms with Crippen LogP contribution in [0.3, 0.4) is 0 Å². The zero-order chi connectivity index (χ0) is 10.6. The Bertz CT molecular complexity index is 191. The number of aliphatic hydroxyl groups is 1. The molecule has 1 N–H and O–H groups in total. The SMILES string of the molecule is CC(Cl)C(=O)N(CCO)C1CCCC1. The molecule has 0 aliphatic heterocycles. The number of alkyl halides is 1. The first-order chi connectivity index (χ1) is 6.66. The first-order valence-electron chi connectivity index (χ1n) is 5.22. The van der Waals surface area contributed by atoms with Crippen molar-refractivity contribution in [1.82, 2.24) is 4.90 Å². The number of halogens is 1. The summed E-state index contributed by atoms with van der Waals surface area (Å²) in [7, 11) is 0. The van der Waals surface area contributed by atoms with Crippen LogP contribution in [0.4, 0.5) is 0 Å². The molecule has 0 aromatic heterocycles. The van der Waals surface area contributed by atoms with Gasteiger partial charge >= 0.3 is 0 Å². The van der Waals surface area contributed by atoms with Crippen LogP contribution in [0, 0.1) is 0 Å².